The molecule has 1 aromatic rings. The number of pyridine rings is 1. The molecule has 1 fully saturated rings. The van der Waals surface area contributed by atoms with Gasteiger partial charge >= 0.3 is 0 Å². The molecule has 0 saturated carbocycles. The van der Waals surface area contributed by atoms with Crippen LogP contribution in [0.5, 0.6) is 0 Å². The highest BCUT2D eigenvalue weighted by atomic mass is 16.6. The van der Waals surface area contributed by atoms with Crippen molar-refractivity contribution >= 4 is 11.5 Å². The van der Waals surface area contributed by atoms with Gasteiger partial charge in [-0.1, -0.05) is 13.3 Å². The van der Waals surface area contributed by atoms with Crippen molar-refractivity contribution in [3.63, 3.8) is 0 Å². The van der Waals surface area contributed by atoms with Crippen molar-refractivity contribution in [2.75, 3.05) is 18.0 Å². The summed E-state index contributed by atoms with van der Waals surface area (Å²) in [5.74, 6) is 1.31. The zero-order valence-electron chi connectivity index (χ0n) is 11.4. The summed E-state index contributed by atoms with van der Waals surface area (Å²) >= 11 is 0. The number of nitrogens with zero attached hydrogens (tertiary/aromatic N) is 3. The summed E-state index contributed by atoms with van der Waals surface area (Å²) in [6, 6.07) is 1.83. The largest absolute Gasteiger partial charge is 0.356 e. The molecule has 0 spiro atoms. The van der Waals surface area contributed by atoms with E-state index < -0.39 is 4.92 Å². The van der Waals surface area contributed by atoms with E-state index in [1.807, 2.05) is 6.92 Å². The molecule has 2 heterocycles. The number of hydrogen-bond acceptors (Lipinski definition) is 5. The van der Waals surface area contributed by atoms with Gasteiger partial charge in [-0.15, -0.1) is 0 Å². The number of aromatic nitrogens is 1. The van der Waals surface area contributed by atoms with Crippen LogP contribution in [-0.4, -0.2) is 29.0 Å². The number of nitro groups is 1. The molecule has 1 aromatic heterocycles. The Kier molecular flexibility index (Phi) is 3.99. The first-order valence-corrected chi connectivity index (χ1v) is 6.64. The minimum absolute atomic E-state index is 0.0435. The Morgan fingerprint density at radius 1 is 1.63 bits per heavy atom. The zero-order chi connectivity index (χ0) is 14.0. The molecule has 0 bridgehead atoms. The van der Waals surface area contributed by atoms with Gasteiger partial charge in [0.15, 0.2) is 0 Å². The van der Waals surface area contributed by atoms with Crippen LogP contribution < -0.4 is 10.6 Å². The molecule has 1 saturated heterocycles. The van der Waals surface area contributed by atoms with Crippen molar-refractivity contribution in [2.45, 2.75) is 32.7 Å². The predicted molar refractivity (Wildman–Crippen MR) is 74.2 cm³/mol. The monoisotopic (exact) mass is 264 g/mol. The van der Waals surface area contributed by atoms with Gasteiger partial charge in [0.05, 0.1) is 4.92 Å². The van der Waals surface area contributed by atoms with Crippen LogP contribution in [0.15, 0.2) is 12.3 Å². The van der Waals surface area contributed by atoms with Crippen molar-refractivity contribution in [2.24, 2.45) is 11.7 Å². The van der Waals surface area contributed by atoms with Crippen molar-refractivity contribution in [1.29, 1.82) is 0 Å². The van der Waals surface area contributed by atoms with Crippen LogP contribution in [0.4, 0.5) is 11.5 Å². The number of hydrogen-bond donors (Lipinski definition) is 1. The van der Waals surface area contributed by atoms with Crippen molar-refractivity contribution in [3.05, 3.63) is 27.9 Å². The van der Waals surface area contributed by atoms with Crippen LogP contribution in [0.1, 0.15) is 25.3 Å². The van der Waals surface area contributed by atoms with E-state index in [9.17, 15) is 10.1 Å². The van der Waals surface area contributed by atoms with E-state index in [-0.39, 0.29) is 11.7 Å². The molecule has 2 unspecified atom stereocenters. The Hall–Kier alpha value is -1.69. The van der Waals surface area contributed by atoms with Crippen LogP contribution in [0.25, 0.3) is 0 Å². The molecular formula is C13H20N4O2. The molecule has 0 aromatic carbocycles. The van der Waals surface area contributed by atoms with E-state index in [4.69, 9.17) is 5.73 Å². The van der Waals surface area contributed by atoms with Crippen molar-refractivity contribution in [3.8, 4) is 0 Å². The van der Waals surface area contributed by atoms with Gasteiger partial charge in [-0.2, -0.15) is 0 Å². The minimum Gasteiger partial charge on any atom is -0.356 e. The van der Waals surface area contributed by atoms with Gasteiger partial charge in [-0.25, -0.2) is 4.98 Å². The summed E-state index contributed by atoms with van der Waals surface area (Å²) in [6.45, 7) is 5.75. The maximum Gasteiger partial charge on any atom is 0.287 e. The highest BCUT2D eigenvalue weighted by molar-refractivity contribution is 5.50. The Balaban J connectivity index is 2.20. The fraction of sp³-hybridized carbons (Fsp3) is 0.615. The molecule has 2 atom stereocenters. The second-order valence-corrected chi connectivity index (χ2v) is 5.16. The quantitative estimate of drug-likeness (QED) is 0.665. The van der Waals surface area contributed by atoms with E-state index in [0.717, 1.165) is 37.3 Å². The Morgan fingerprint density at radius 3 is 2.95 bits per heavy atom. The summed E-state index contributed by atoms with van der Waals surface area (Å²) in [6.07, 6.45) is 3.32. The minimum atomic E-state index is -0.412. The summed E-state index contributed by atoms with van der Waals surface area (Å²) in [5, 5.41) is 10.7. The lowest BCUT2D eigenvalue weighted by Gasteiger charge is -2.37. The van der Waals surface area contributed by atoms with Crippen molar-refractivity contribution < 1.29 is 4.92 Å². The van der Waals surface area contributed by atoms with Gasteiger partial charge < -0.3 is 10.6 Å². The van der Waals surface area contributed by atoms with Crippen LogP contribution in [0, 0.1) is 23.0 Å². The third-order valence-corrected chi connectivity index (χ3v) is 3.86. The highest BCUT2D eigenvalue weighted by Gasteiger charge is 2.27. The number of nitrogens with two attached hydrogens (primary N) is 1. The number of anilines is 1. The fourth-order valence-electron chi connectivity index (χ4n) is 2.66. The lowest BCUT2D eigenvalue weighted by Crippen LogP contribution is -2.47. The van der Waals surface area contributed by atoms with Gasteiger partial charge in [0.25, 0.3) is 5.69 Å². The van der Waals surface area contributed by atoms with Gasteiger partial charge in [-0.05, 0) is 24.8 Å². The number of piperidine rings is 1. The predicted octanol–water partition coefficient (Wildman–Crippen LogP) is 1.86. The molecule has 0 radical (unpaired) electrons. The highest BCUT2D eigenvalue weighted by Crippen LogP contribution is 2.27. The van der Waals surface area contributed by atoms with E-state index in [2.05, 4.69) is 16.8 Å². The molecule has 1 aliphatic rings. The molecular weight excluding hydrogens is 244 g/mol. The van der Waals surface area contributed by atoms with E-state index in [0.29, 0.717) is 5.92 Å². The molecule has 2 rings (SSSR count). The summed E-state index contributed by atoms with van der Waals surface area (Å²) in [7, 11) is 0. The average Bonchev–Trinajstić information content (AvgIpc) is 2.39. The molecule has 0 amide bonds. The molecule has 19 heavy (non-hydrogen) atoms. The van der Waals surface area contributed by atoms with E-state index in [1.165, 1.54) is 6.20 Å². The summed E-state index contributed by atoms with van der Waals surface area (Å²) < 4.78 is 0. The van der Waals surface area contributed by atoms with E-state index >= 15 is 0 Å². The van der Waals surface area contributed by atoms with E-state index in [1.54, 1.807) is 6.07 Å². The standard InChI is InChI=1S/C13H20N4O2/c1-3-10-8-16(5-4-12(10)14)13-9(2)6-11(7-15-13)17(18)19/h6-7,10,12H,3-5,8,14H2,1-2H3. The van der Waals surface area contributed by atoms with Crippen LogP contribution in [-0.2, 0) is 0 Å². The van der Waals surface area contributed by atoms with Crippen LogP contribution in [0.3, 0.4) is 0 Å². The molecule has 2 N–H and O–H groups in total. The number of rotatable bonds is 3. The van der Waals surface area contributed by atoms with Crippen LogP contribution in [0.2, 0.25) is 0 Å². The normalized spacial score (nSPS) is 23.4. The number of aryl methyl sites for hydroxylation is 1. The molecule has 104 valence electrons. The lowest BCUT2D eigenvalue weighted by molar-refractivity contribution is -0.385. The van der Waals surface area contributed by atoms with Gasteiger partial charge in [0, 0.05) is 25.2 Å². The third kappa shape index (κ3) is 2.84. The zero-order valence-corrected chi connectivity index (χ0v) is 11.4. The van der Waals surface area contributed by atoms with Gasteiger partial charge in [0.1, 0.15) is 12.0 Å². The SMILES string of the molecule is CCC1CN(c2ncc([N+](=O)[O-])cc2C)CCC1N. The molecule has 6 heteroatoms. The van der Waals surface area contributed by atoms with Gasteiger partial charge in [-0.3, -0.25) is 10.1 Å². The first-order valence-electron chi connectivity index (χ1n) is 6.64. The van der Waals surface area contributed by atoms with Crippen LogP contribution >= 0.6 is 0 Å². The smallest absolute Gasteiger partial charge is 0.287 e. The maximum atomic E-state index is 10.7. The second kappa shape index (κ2) is 5.52. The Morgan fingerprint density at radius 2 is 2.37 bits per heavy atom. The second-order valence-electron chi connectivity index (χ2n) is 5.16. The average molecular weight is 264 g/mol. The maximum absolute atomic E-state index is 10.7. The summed E-state index contributed by atoms with van der Waals surface area (Å²) in [4.78, 5) is 16.8. The fourth-order valence-corrected chi connectivity index (χ4v) is 2.66. The molecule has 6 nitrogen and oxygen atoms in total. The molecule has 1 aliphatic heterocycles. The third-order valence-electron chi connectivity index (χ3n) is 3.86. The Labute approximate surface area is 112 Å². The van der Waals surface area contributed by atoms with Crippen molar-refractivity contribution in [1.82, 2.24) is 4.98 Å². The van der Waals surface area contributed by atoms with Gasteiger partial charge in [0.2, 0.25) is 0 Å². The Bertz CT molecular complexity index is 478. The lowest BCUT2D eigenvalue weighted by atomic mass is 9.90. The first kappa shape index (κ1) is 13.7. The molecule has 0 aliphatic carbocycles. The first-order chi connectivity index (χ1) is 9.02. The summed E-state index contributed by atoms with van der Waals surface area (Å²) in [5.41, 5.74) is 6.99. The topological polar surface area (TPSA) is 85.3 Å².